The fourth-order valence-corrected chi connectivity index (χ4v) is 1.77. The summed E-state index contributed by atoms with van der Waals surface area (Å²) in [6.45, 7) is 0. The molecule has 0 atom stereocenters. The Kier molecular flexibility index (Phi) is 3.62. The number of hydrogen-bond donors (Lipinski definition) is 1. The van der Waals surface area contributed by atoms with Gasteiger partial charge >= 0.3 is 5.97 Å². The quantitative estimate of drug-likeness (QED) is 0.876. The van der Waals surface area contributed by atoms with E-state index < -0.39 is 17.6 Å². The maximum Gasteiger partial charge on any atom is 0.336 e. The lowest BCUT2D eigenvalue weighted by Gasteiger charge is -2.05. The van der Waals surface area contributed by atoms with Crippen LogP contribution in [0.25, 0.3) is 0 Å². The molecule has 0 unspecified atom stereocenters. The van der Waals surface area contributed by atoms with Crippen LogP contribution in [-0.2, 0) is 0 Å². The summed E-state index contributed by atoms with van der Waals surface area (Å²) in [6, 6.07) is 9.06. The third-order valence-electron chi connectivity index (χ3n) is 2.56. The minimum Gasteiger partial charge on any atom is -0.478 e. The van der Waals surface area contributed by atoms with Crippen molar-refractivity contribution >= 4 is 23.4 Å². The van der Waals surface area contributed by atoms with Crippen LogP contribution in [0.1, 0.15) is 26.3 Å². The van der Waals surface area contributed by atoms with Crippen LogP contribution >= 0.6 is 11.6 Å². The summed E-state index contributed by atoms with van der Waals surface area (Å²) in [7, 11) is 0. The van der Waals surface area contributed by atoms with Gasteiger partial charge in [0, 0.05) is 16.1 Å². The summed E-state index contributed by atoms with van der Waals surface area (Å²) >= 11 is 5.71. The highest BCUT2D eigenvalue weighted by atomic mass is 35.5. The van der Waals surface area contributed by atoms with Crippen LogP contribution in [0.3, 0.4) is 0 Å². The normalized spacial score (nSPS) is 10.2. The predicted octanol–water partition coefficient (Wildman–Crippen LogP) is 3.41. The predicted molar refractivity (Wildman–Crippen MR) is 68.2 cm³/mol. The Morgan fingerprint density at radius 1 is 1.00 bits per heavy atom. The van der Waals surface area contributed by atoms with E-state index in [1.165, 1.54) is 24.3 Å². The Bertz CT molecular complexity index is 650. The van der Waals surface area contributed by atoms with E-state index >= 15 is 0 Å². The molecule has 0 bridgehead atoms. The van der Waals surface area contributed by atoms with Crippen molar-refractivity contribution in [2.45, 2.75) is 0 Å². The average Bonchev–Trinajstić information content (AvgIpc) is 2.38. The lowest BCUT2D eigenvalue weighted by atomic mass is 9.98. The van der Waals surface area contributed by atoms with Gasteiger partial charge in [-0.25, -0.2) is 9.18 Å². The second-order valence-corrected chi connectivity index (χ2v) is 4.27. The zero-order valence-corrected chi connectivity index (χ0v) is 10.3. The number of halogens is 2. The molecule has 0 radical (unpaired) electrons. The molecule has 0 heterocycles. The largest absolute Gasteiger partial charge is 0.478 e. The highest BCUT2D eigenvalue weighted by Gasteiger charge is 2.18. The maximum absolute atomic E-state index is 13.0. The number of carbonyl (C=O) groups excluding carboxylic acids is 1. The Balaban J connectivity index is 2.49. The summed E-state index contributed by atoms with van der Waals surface area (Å²) in [5.41, 5.74) is -0.130. The van der Waals surface area contributed by atoms with Gasteiger partial charge < -0.3 is 5.11 Å². The minimum atomic E-state index is -1.35. The zero-order valence-electron chi connectivity index (χ0n) is 9.56. The first-order valence-electron chi connectivity index (χ1n) is 5.32. The van der Waals surface area contributed by atoms with Gasteiger partial charge in [-0.2, -0.15) is 0 Å². The molecule has 0 saturated carbocycles. The fraction of sp³-hybridized carbons (Fsp3) is 0. The summed E-state index contributed by atoms with van der Waals surface area (Å²) in [6.07, 6.45) is 0. The van der Waals surface area contributed by atoms with Gasteiger partial charge in [0.25, 0.3) is 0 Å². The number of ketones is 1. The number of aromatic carboxylic acids is 1. The van der Waals surface area contributed by atoms with Crippen molar-refractivity contribution in [3.63, 3.8) is 0 Å². The van der Waals surface area contributed by atoms with Crippen molar-refractivity contribution < 1.29 is 19.1 Å². The summed E-state index contributed by atoms with van der Waals surface area (Å²) in [4.78, 5) is 23.2. The van der Waals surface area contributed by atoms with Crippen molar-refractivity contribution in [2.75, 3.05) is 0 Å². The van der Waals surface area contributed by atoms with E-state index in [1.807, 2.05) is 0 Å². The van der Waals surface area contributed by atoms with Crippen LogP contribution in [0.4, 0.5) is 4.39 Å². The SMILES string of the molecule is O=C(O)c1cc(F)ccc1C(=O)c1ccc(Cl)cc1. The number of benzene rings is 2. The van der Waals surface area contributed by atoms with Gasteiger partial charge in [-0.15, -0.1) is 0 Å². The van der Waals surface area contributed by atoms with Gasteiger partial charge in [0.1, 0.15) is 5.82 Å². The highest BCUT2D eigenvalue weighted by Crippen LogP contribution is 2.18. The molecule has 0 saturated heterocycles. The van der Waals surface area contributed by atoms with Crippen LogP contribution in [-0.4, -0.2) is 16.9 Å². The monoisotopic (exact) mass is 278 g/mol. The molecule has 0 aromatic heterocycles. The molecule has 2 aromatic rings. The van der Waals surface area contributed by atoms with Crippen LogP contribution in [0, 0.1) is 5.82 Å². The molecule has 0 aliphatic rings. The van der Waals surface area contributed by atoms with Crippen LogP contribution in [0.5, 0.6) is 0 Å². The molecule has 0 spiro atoms. The van der Waals surface area contributed by atoms with Crippen LogP contribution in [0.15, 0.2) is 42.5 Å². The van der Waals surface area contributed by atoms with Gasteiger partial charge in [0.05, 0.1) is 5.56 Å². The molecular formula is C14H8ClFO3. The molecule has 3 nitrogen and oxygen atoms in total. The third kappa shape index (κ3) is 2.80. The Morgan fingerprint density at radius 3 is 2.21 bits per heavy atom. The van der Waals surface area contributed by atoms with Crippen molar-refractivity contribution in [2.24, 2.45) is 0 Å². The first-order valence-corrected chi connectivity index (χ1v) is 5.70. The first kappa shape index (κ1) is 13.2. The number of carboxylic acid groups (broad SMARTS) is 1. The molecule has 5 heteroatoms. The smallest absolute Gasteiger partial charge is 0.336 e. The molecule has 0 aliphatic heterocycles. The van der Waals surface area contributed by atoms with E-state index in [0.29, 0.717) is 10.6 Å². The number of rotatable bonds is 3. The van der Waals surface area contributed by atoms with Crippen LogP contribution < -0.4 is 0 Å². The highest BCUT2D eigenvalue weighted by molar-refractivity contribution is 6.30. The van der Waals surface area contributed by atoms with Crippen molar-refractivity contribution in [1.82, 2.24) is 0 Å². The third-order valence-corrected chi connectivity index (χ3v) is 2.82. The molecule has 19 heavy (non-hydrogen) atoms. The standard InChI is InChI=1S/C14H8ClFO3/c15-9-3-1-8(2-4-9)13(17)11-6-5-10(16)7-12(11)14(18)19/h1-7H,(H,18,19). The summed E-state index contributed by atoms with van der Waals surface area (Å²) < 4.78 is 13.0. The first-order chi connectivity index (χ1) is 8.99. The molecule has 2 aromatic carbocycles. The van der Waals surface area contributed by atoms with Gasteiger partial charge in [-0.1, -0.05) is 11.6 Å². The second kappa shape index (κ2) is 5.20. The van der Waals surface area contributed by atoms with Gasteiger partial charge in [0.2, 0.25) is 0 Å². The number of carbonyl (C=O) groups is 2. The topological polar surface area (TPSA) is 54.4 Å². The van der Waals surface area contributed by atoms with Crippen LogP contribution in [0.2, 0.25) is 5.02 Å². The second-order valence-electron chi connectivity index (χ2n) is 3.83. The molecule has 2 rings (SSSR count). The number of carboxylic acids is 1. The van der Waals surface area contributed by atoms with Gasteiger partial charge in [0.15, 0.2) is 5.78 Å². The Hall–Kier alpha value is -2.20. The van der Waals surface area contributed by atoms with E-state index in [4.69, 9.17) is 16.7 Å². The van der Waals surface area contributed by atoms with E-state index in [-0.39, 0.29) is 11.1 Å². The number of hydrogen-bond acceptors (Lipinski definition) is 2. The average molecular weight is 279 g/mol. The molecule has 0 aliphatic carbocycles. The maximum atomic E-state index is 13.0. The fourth-order valence-electron chi connectivity index (χ4n) is 1.65. The van der Waals surface area contributed by atoms with Gasteiger partial charge in [-0.3, -0.25) is 4.79 Å². The summed E-state index contributed by atoms with van der Waals surface area (Å²) in [5, 5.41) is 9.46. The Morgan fingerprint density at radius 2 is 1.63 bits per heavy atom. The molecule has 1 N–H and O–H groups in total. The zero-order chi connectivity index (χ0) is 14.0. The molecular weight excluding hydrogens is 271 g/mol. The van der Waals surface area contributed by atoms with Crippen molar-refractivity contribution in [3.05, 3.63) is 70.0 Å². The van der Waals surface area contributed by atoms with Gasteiger partial charge in [-0.05, 0) is 42.5 Å². The van der Waals surface area contributed by atoms with E-state index in [1.54, 1.807) is 0 Å². The molecule has 0 fully saturated rings. The minimum absolute atomic E-state index is 0.0591. The van der Waals surface area contributed by atoms with Crippen molar-refractivity contribution in [1.29, 1.82) is 0 Å². The Labute approximate surface area is 113 Å². The molecule has 0 amide bonds. The van der Waals surface area contributed by atoms with Crippen molar-refractivity contribution in [3.8, 4) is 0 Å². The molecule has 96 valence electrons. The van der Waals surface area contributed by atoms with E-state index in [0.717, 1.165) is 18.2 Å². The lowest BCUT2D eigenvalue weighted by molar-refractivity contribution is 0.0692. The lowest BCUT2D eigenvalue weighted by Crippen LogP contribution is -2.10. The van der Waals surface area contributed by atoms with E-state index in [9.17, 15) is 14.0 Å². The summed E-state index contributed by atoms with van der Waals surface area (Å²) in [5.74, 6) is -2.55. The van der Waals surface area contributed by atoms with E-state index in [2.05, 4.69) is 0 Å².